The second-order valence-electron chi connectivity index (χ2n) is 5.41. The summed E-state index contributed by atoms with van der Waals surface area (Å²) in [5, 5.41) is 0. The van der Waals surface area contributed by atoms with E-state index in [1.54, 1.807) is 7.11 Å². The molecule has 0 aliphatic carbocycles. The third-order valence-corrected chi connectivity index (χ3v) is 3.59. The molecule has 1 aliphatic rings. The lowest BCUT2D eigenvalue weighted by Crippen LogP contribution is -2.40. The number of likely N-dealkylation sites (tertiary alicyclic amines) is 1. The van der Waals surface area contributed by atoms with Gasteiger partial charge in [-0.1, -0.05) is 0 Å². The lowest BCUT2D eigenvalue weighted by Gasteiger charge is -2.34. The van der Waals surface area contributed by atoms with Gasteiger partial charge in [-0.15, -0.1) is 0 Å². The molecule has 1 rings (SSSR count). The van der Waals surface area contributed by atoms with Crippen LogP contribution in [0.5, 0.6) is 0 Å². The summed E-state index contributed by atoms with van der Waals surface area (Å²) in [5.74, 6) is 0. The molecule has 0 spiro atoms. The molecule has 4 nitrogen and oxygen atoms in total. The Morgan fingerprint density at radius 2 is 1.94 bits per heavy atom. The fourth-order valence-electron chi connectivity index (χ4n) is 2.06. The van der Waals surface area contributed by atoms with Crippen LogP contribution in [0.2, 0.25) is 0 Å². The van der Waals surface area contributed by atoms with E-state index in [2.05, 4.69) is 18.7 Å². The zero-order chi connectivity index (χ0) is 12.7. The highest BCUT2D eigenvalue weighted by molar-refractivity contribution is 4.76. The number of nitrogens with zero attached hydrogens (tertiary/aromatic N) is 1. The van der Waals surface area contributed by atoms with Crippen LogP contribution in [0.25, 0.3) is 0 Å². The van der Waals surface area contributed by atoms with Crippen molar-refractivity contribution in [1.29, 1.82) is 0 Å². The molecule has 0 unspecified atom stereocenters. The largest absolute Gasteiger partial charge is 0.379 e. The van der Waals surface area contributed by atoms with Gasteiger partial charge in [0.25, 0.3) is 0 Å². The van der Waals surface area contributed by atoms with E-state index in [0.29, 0.717) is 19.3 Å². The van der Waals surface area contributed by atoms with Gasteiger partial charge in [-0.05, 0) is 33.1 Å². The first-order chi connectivity index (χ1) is 8.07. The maximum atomic E-state index is 5.67. The minimum absolute atomic E-state index is 0.00705. The molecule has 0 atom stereocenters. The molecular formula is C13H28N2O2. The van der Waals surface area contributed by atoms with E-state index in [9.17, 15) is 0 Å². The Balaban J connectivity index is 2.15. The Labute approximate surface area is 105 Å². The highest BCUT2D eigenvalue weighted by Gasteiger charge is 2.22. The molecule has 102 valence electrons. The SMILES string of the molecule is COC(C)(C)CCN1CCC(OCCN)CC1. The van der Waals surface area contributed by atoms with Crippen LogP contribution in [-0.2, 0) is 9.47 Å². The highest BCUT2D eigenvalue weighted by Crippen LogP contribution is 2.17. The summed E-state index contributed by atoms with van der Waals surface area (Å²) in [7, 11) is 1.78. The van der Waals surface area contributed by atoms with Gasteiger partial charge in [0, 0.05) is 33.3 Å². The average Bonchev–Trinajstić information content (AvgIpc) is 2.35. The second kappa shape index (κ2) is 7.31. The number of rotatable bonds is 7. The van der Waals surface area contributed by atoms with Crippen molar-refractivity contribution in [2.75, 3.05) is 39.9 Å². The van der Waals surface area contributed by atoms with Crippen molar-refractivity contribution >= 4 is 0 Å². The van der Waals surface area contributed by atoms with Gasteiger partial charge in [-0.3, -0.25) is 0 Å². The first kappa shape index (κ1) is 14.9. The van der Waals surface area contributed by atoms with Gasteiger partial charge in [-0.2, -0.15) is 0 Å². The normalized spacial score (nSPS) is 19.8. The van der Waals surface area contributed by atoms with Crippen LogP contribution in [0.3, 0.4) is 0 Å². The summed E-state index contributed by atoms with van der Waals surface area (Å²) in [6.07, 6.45) is 3.77. The van der Waals surface area contributed by atoms with Gasteiger partial charge in [0.2, 0.25) is 0 Å². The number of piperidine rings is 1. The smallest absolute Gasteiger partial charge is 0.0634 e. The predicted octanol–water partition coefficient (Wildman–Crippen LogP) is 1.24. The molecule has 17 heavy (non-hydrogen) atoms. The quantitative estimate of drug-likeness (QED) is 0.732. The topological polar surface area (TPSA) is 47.7 Å². The van der Waals surface area contributed by atoms with Gasteiger partial charge in [0.05, 0.1) is 18.3 Å². The number of hydrogen-bond acceptors (Lipinski definition) is 4. The van der Waals surface area contributed by atoms with E-state index in [-0.39, 0.29) is 5.60 Å². The predicted molar refractivity (Wildman–Crippen MR) is 70.2 cm³/mol. The molecule has 1 saturated heterocycles. The van der Waals surface area contributed by atoms with Gasteiger partial charge in [-0.25, -0.2) is 0 Å². The molecule has 1 heterocycles. The van der Waals surface area contributed by atoms with Gasteiger partial charge < -0.3 is 20.1 Å². The molecular weight excluding hydrogens is 216 g/mol. The molecule has 0 amide bonds. The summed E-state index contributed by atoms with van der Waals surface area (Å²) in [6, 6.07) is 0. The van der Waals surface area contributed by atoms with Crippen molar-refractivity contribution in [3.63, 3.8) is 0 Å². The molecule has 0 aromatic heterocycles. The fraction of sp³-hybridized carbons (Fsp3) is 1.00. The maximum absolute atomic E-state index is 5.67. The first-order valence-electron chi connectivity index (χ1n) is 6.66. The van der Waals surface area contributed by atoms with Gasteiger partial charge in [0.1, 0.15) is 0 Å². The number of hydrogen-bond donors (Lipinski definition) is 1. The lowest BCUT2D eigenvalue weighted by molar-refractivity contribution is -0.0106. The minimum Gasteiger partial charge on any atom is -0.379 e. The molecule has 0 aromatic carbocycles. The zero-order valence-corrected chi connectivity index (χ0v) is 11.6. The summed E-state index contributed by atoms with van der Waals surface area (Å²) < 4.78 is 11.1. The van der Waals surface area contributed by atoms with Crippen molar-refractivity contribution in [1.82, 2.24) is 4.90 Å². The van der Waals surface area contributed by atoms with Crippen molar-refractivity contribution in [2.45, 2.75) is 44.8 Å². The lowest BCUT2D eigenvalue weighted by atomic mass is 10.0. The van der Waals surface area contributed by atoms with E-state index >= 15 is 0 Å². The number of nitrogens with two attached hydrogens (primary N) is 1. The zero-order valence-electron chi connectivity index (χ0n) is 11.6. The van der Waals surface area contributed by atoms with Crippen LogP contribution < -0.4 is 5.73 Å². The van der Waals surface area contributed by atoms with Crippen molar-refractivity contribution in [3.05, 3.63) is 0 Å². The highest BCUT2D eigenvalue weighted by atomic mass is 16.5. The van der Waals surface area contributed by atoms with Crippen molar-refractivity contribution in [2.24, 2.45) is 5.73 Å². The van der Waals surface area contributed by atoms with Crippen LogP contribution in [0, 0.1) is 0 Å². The third-order valence-electron chi connectivity index (χ3n) is 3.59. The summed E-state index contributed by atoms with van der Waals surface area (Å²) in [5.41, 5.74) is 5.43. The molecule has 0 radical (unpaired) electrons. The standard InChI is InChI=1S/C13H28N2O2/c1-13(2,16-3)6-10-15-8-4-12(5-9-15)17-11-7-14/h12H,4-11,14H2,1-3H3. The number of methoxy groups -OCH3 is 1. The van der Waals surface area contributed by atoms with E-state index in [4.69, 9.17) is 15.2 Å². The molecule has 0 bridgehead atoms. The summed E-state index contributed by atoms with van der Waals surface area (Å²) in [6.45, 7) is 8.99. The van der Waals surface area contributed by atoms with Crippen LogP contribution in [0.1, 0.15) is 33.1 Å². The molecule has 1 fully saturated rings. The minimum atomic E-state index is -0.00705. The second-order valence-corrected chi connectivity index (χ2v) is 5.41. The Morgan fingerprint density at radius 1 is 1.29 bits per heavy atom. The molecule has 1 aliphatic heterocycles. The summed E-state index contributed by atoms with van der Waals surface area (Å²) in [4.78, 5) is 2.50. The van der Waals surface area contributed by atoms with E-state index in [1.165, 1.54) is 0 Å². The average molecular weight is 244 g/mol. The monoisotopic (exact) mass is 244 g/mol. The van der Waals surface area contributed by atoms with E-state index in [0.717, 1.165) is 38.9 Å². The number of ether oxygens (including phenoxy) is 2. The van der Waals surface area contributed by atoms with Crippen LogP contribution in [0.4, 0.5) is 0 Å². The van der Waals surface area contributed by atoms with Crippen molar-refractivity contribution in [3.8, 4) is 0 Å². The van der Waals surface area contributed by atoms with Crippen LogP contribution in [-0.4, -0.2) is 56.5 Å². The summed E-state index contributed by atoms with van der Waals surface area (Å²) >= 11 is 0. The van der Waals surface area contributed by atoms with Crippen LogP contribution in [0.15, 0.2) is 0 Å². The molecule has 4 heteroatoms. The van der Waals surface area contributed by atoms with Gasteiger partial charge in [0.15, 0.2) is 0 Å². The third kappa shape index (κ3) is 5.82. The van der Waals surface area contributed by atoms with E-state index in [1.807, 2.05) is 0 Å². The molecule has 2 N–H and O–H groups in total. The first-order valence-corrected chi connectivity index (χ1v) is 6.66. The van der Waals surface area contributed by atoms with Crippen LogP contribution >= 0.6 is 0 Å². The fourth-order valence-corrected chi connectivity index (χ4v) is 2.06. The Kier molecular flexibility index (Phi) is 6.41. The maximum Gasteiger partial charge on any atom is 0.0634 e. The van der Waals surface area contributed by atoms with Gasteiger partial charge >= 0.3 is 0 Å². The Hall–Kier alpha value is -0.160. The van der Waals surface area contributed by atoms with E-state index < -0.39 is 0 Å². The molecule has 0 saturated carbocycles. The van der Waals surface area contributed by atoms with Crippen molar-refractivity contribution < 1.29 is 9.47 Å². The Bertz CT molecular complexity index is 202. The molecule has 0 aromatic rings. The Morgan fingerprint density at radius 3 is 2.47 bits per heavy atom.